The van der Waals surface area contributed by atoms with Crippen LogP contribution in [0.1, 0.15) is 30.6 Å². The van der Waals surface area contributed by atoms with Crippen molar-refractivity contribution in [3.63, 3.8) is 0 Å². The number of likely N-dealkylation sites (N-methyl/N-ethyl adjacent to an activating group) is 2. The quantitative estimate of drug-likeness (QED) is 0.786. The molecule has 0 spiro atoms. The first kappa shape index (κ1) is 19.0. The summed E-state index contributed by atoms with van der Waals surface area (Å²) in [5.74, 6) is 0.518. The fourth-order valence-electron chi connectivity index (χ4n) is 3.43. The maximum absolute atomic E-state index is 12.7. The van der Waals surface area contributed by atoms with E-state index in [1.807, 2.05) is 30.7 Å². The zero-order valence-corrected chi connectivity index (χ0v) is 15.9. The van der Waals surface area contributed by atoms with Gasteiger partial charge in [0.15, 0.2) is 0 Å². The van der Waals surface area contributed by atoms with Gasteiger partial charge in [0.2, 0.25) is 5.91 Å². The third kappa shape index (κ3) is 4.13. The standard InChI is InChI=1S/C18H25N7O2/c1-4-24(5-2)18(27)15-9-14(10-23(15)3)22-17(26)13-6-7-19-16(8-13)25-11-20-21-12-25/h6-8,11-12,14-15H,4-5,9-10H2,1-3H3,(H,22,26)/t14-,15+/m1/s1. The van der Waals surface area contributed by atoms with Crippen LogP contribution in [0.5, 0.6) is 0 Å². The summed E-state index contributed by atoms with van der Waals surface area (Å²) < 4.78 is 1.64. The Morgan fingerprint density at radius 2 is 1.96 bits per heavy atom. The lowest BCUT2D eigenvalue weighted by Gasteiger charge is -2.26. The molecule has 2 amide bonds. The van der Waals surface area contributed by atoms with Gasteiger partial charge in [-0.25, -0.2) is 4.98 Å². The number of carbonyl (C=O) groups is 2. The molecule has 1 saturated heterocycles. The van der Waals surface area contributed by atoms with Crippen LogP contribution in [0.25, 0.3) is 5.82 Å². The van der Waals surface area contributed by atoms with Crippen LogP contribution in [0, 0.1) is 0 Å². The summed E-state index contributed by atoms with van der Waals surface area (Å²) in [6.45, 7) is 5.99. The van der Waals surface area contributed by atoms with E-state index in [1.54, 1.807) is 22.9 Å². The van der Waals surface area contributed by atoms with E-state index >= 15 is 0 Å². The van der Waals surface area contributed by atoms with Crippen LogP contribution in [0.15, 0.2) is 31.0 Å². The lowest BCUT2D eigenvalue weighted by molar-refractivity contribution is -0.135. The molecule has 3 rings (SSSR count). The highest BCUT2D eigenvalue weighted by Gasteiger charge is 2.36. The van der Waals surface area contributed by atoms with Crippen molar-refractivity contribution in [3.8, 4) is 5.82 Å². The van der Waals surface area contributed by atoms with Gasteiger partial charge in [-0.3, -0.25) is 19.1 Å². The van der Waals surface area contributed by atoms with E-state index in [-0.39, 0.29) is 23.9 Å². The summed E-state index contributed by atoms with van der Waals surface area (Å²) in [6.07, 6.45) is 5.25. The van der Waals surface area contributed by atoms with Crippen LogP contribution in [0.4, 0.5) is 0 Å². The maximum atomic E-state index is 12.7. The predicted octanol–water partition coefficient (Wildman–Crippen LogP) is 0.333. The number of aromatic nitrogens is 4. The Kier molecular flexibility index (Phi) is 5.80. The third-order valence-electron chi connectivity index (χ3n) is 4.93. The molecule has 9 heteroatoms. The van der Waals surface area contributed by atoms with Gasteiger partial charge in [-0.15, -0.1) is 10.2 Å². The zero-order valence-electron chi connectivity index (χ0n) is 15.9. The van der Waals surface area contributed by atoms with Crippen molar-refractivity contribution in [3.05, 3.63) is 36.5 Å². The number of hydrogen-bond acceptors (Lipinski definition) is 6. The molecule has 9 nitrogen and oxygen atoms in total. The van der Waals surface area contributed by atoms with E-state index < -0.39 is 0 Å². The topological polar surface area (TPSA) is 96.2 Å². The van der Waals surface area contributed by atoms with Crippen molar-refractivity contribution in [1.29, 1.82) is 0 Å². The van der Waals surface area contributed by atoms with Crippen molar-refractivity contribution in [1.82, 2.24) is 34.9 Å². The highest BCUT2D eigenvalue weighted by atomic mass is 16.2. The van der Waals surface area contributed by atoms with Gasteiger partial charge in [-0.05, 0) is 39.4 Å². The molecule has 27 heavy (non-hydrogen) atoms. The number of carbonyl (C=O) groups excluding carboxylic acids is 2. The van der Waals surface area contributed by atoms with Gasteiger partial charge in [-0.2, -0.15) is 0 Å². The van der Waals surface area contributed by atoms with Crippen molar-refractivity contribution < 1.29 is 9.59 Å². The van der Waals surface area contributed by atoms with Gasteiger partial charge in [0.1, 0.15) is 18.5 Å². The molecule has 1 aliphatic heterocycles. The van der Waals surface area contributed by atoms with Crippen molar-refractivity contribution in [2.45, 2.75) is 32.4 Å². The van der Waals surface area contributed by atoms with Crippen LogP contribution in [0.3, 0.4) is 0 Å². The first-order valence-electron chi connectivity index (χ1n) is 9.14. The first-order valence-corrected chi connectivity index (χ1v) is 9.14. The van der Waals surface area contributed by atoms with Crippen LogP contribution < -0.4 is 5.32 Å². The van der Waals surface area contributed by atoms with E-state index in [9.17, 15) is 9.59 Å². The van der Waals surface area contributed by atoms with Gasteiger partial charge in [-0.1, -0.05) is 0 Å². The molecule has 3 heterocycles. The molecule has 0 unspecified atom stereocenters. The second-order valence-corrected chi connectivity index (χ2v) is 6.64. The average molecular weight is 371 g/mol. The number of nitrogens with one attached hydrogen (secondary N) is 1. The number of hydrogen-bond donors (Lipinski definition) is 1. The molecule has 2 aromatic heterocycles. The first-order chi connectivity index (χ1) is 13.0. The van der Waals surface area contributed by atoms with E-state index in [0.717, 1.165) is 0 Å². The summed E-state index contributed by atoms with van der Waals surface area (Å²) in [7, 11) is 1.93. The summed E-state index contributed by atoms with van der Waals surface area (Å²) in [5.41, 5.74) is 0.509. The molecule has 0 saturated carbocycles. The molecule has 1 fully saturated rings. The summed E-state index contributed by atoms with van der Waals surface area (Å²) in [4.78, 5) is 33.4. The maximum Gasteiger partial charge on any atom is 0.251 e. The van der Waals surface area contributed by atoms with Crippen LogP contribution in [0.2, 0.25) is 0 Å². The normalized spacial score (nSPS) is 19.8. The third-order valence-corrected chi connectivity index (χ3v) is 4.93. The molecule has 2 atom stereocenters. The summed E-state index contributed by atoms with van der Waals surface area (Å²) >= 11 is 0. The second kappa shape index (κ2) is 8.26. The van der Waals surface area contributed by atoms with Crippen molar-refractivity contribution in [2.24, 2.45) is 0 Å². The molecule has 0 bridgehead atoms. The summed E-state index contributed by atoms with van der Waals surface area (Å²) in [6, 6.07) is 3.09. The molecular formula is C18H25N7O2. The average Bonchev–Trinajstić information content (AvgIpc) is 3.32. The number of amides is 2. The highest BCUT2D eigenvalue weighted by molar-refractivity contribution is 5.94. The molecular weight excluding hydrogens is 346 g/mol. The Bertz CT molecular complexity index is 789. The fraction of sp³-hybridized carbons (Fsp3) is 0.500. The Labute approximate surface area is 158 Å². The van der Waals surface area contributed by atoms with Gasteiger partial charge in [0.05, 0.1) is 6.04 Å². The van der Waals surface area contributed by atoms with E-state index in [0.29, 0.717) is 37.4 Å². The number of rotatable bonds is 6. The molecule has 144 valence electrons. The molecule has 0 aromatic carbocycles. The molecule has 1 N–H and O–H groups in total. The molecule has 2 aromatic rings. The minimum absolute atomic E-state index is 0.0708. The van der Waals surface area contributed by atoms with Crippen molar-refractivity contribution in [2.75, 3.05) is 26.7 Å². The lowest BCUT2D eigenvalue weighted by Crippen LogP contribution is -2.44. The van der Waals surface area contributed by atoms with Crippen LogP contribution >= 0.6 is 0 Å². The Morgan fingerprint density at radius 3 is 2.63 bits per heavy atom. The lowest BCUT2D eigenvalue weighted by atomic mass is 10.1. The molecule has 1 aliphatic rings. The Hall–Kier alpha value is -2.81. The van der Waals surface area contributed by atoms with E-state index in [1.165, 1.54) is 12.7 Å². The second-order valence-electron chi connectivity index (χ2n) is 6.64. The minimum Gasteiger partial charge on any atom is -0.348 e. The summed E-state index contributed by atoms with van der Waals surface area (Å²) in [5, 5.41) is 10.5. The number of likely N-dealkylation sites (tertiary alicyclic amines) is 1. The van der Waals surface area contributed by atoms with E-state index in [2.05, 4.69) is 20.5 Å². The van der Waals surface area contributed by atoms with Gasteiger partial charge >= 0.3 is 0 Å². The zero-order chi connectivity index (χ0) is 19.4. The number of pyridine rings is 1. The smallest absolute Gasteiger partial charge is 0.251 e. The molecule has 0 radical (unpaired) electrons. The SMILES string of the molecule is CCN(CC)C(=O)[C@@H]1C[C@@H](NC(=O)c2ccnc(-n3cnnc3)c2)CN1C. The Morgan fingerprint density at radius 1 is 1.26 bits per heavy atom. The predicted molar refractivity (Wildman–Crippen MR) is 99.4 cm³/mol. The van der Waals surface area contributed by atoms with Crippen molar-refractivity contribution >= 4 is 11.8 Å². The molecule has 0 aliphatic carbocycles. The van der Waals surface area contributed by atoms with Crippen LogP contribution in [-0.4, -0.2) is 80.1 Å². The van der Waals surface area contributed by atoms with Crippen LogP contribution in [-0.2, 0) is 4.79 Å². The minimum atomic E-state index is -0.194. The largest absolute Gasteiger partial charge is 0.348 e. The fourth-order valence-corrected chi connectivity index (χ4v) is 3.43. The van der Waals surface area contributed by atoms with Gasteiger partial charge in [0.25, 0.3) is 5.91 Å². The van der Waals surface area contributed by atoms with Gasteiger partial charge in [0, 0.05) is 37.4 Å². The van der Waals surface area contributed by atoms with Gasteiger partial charge < -0.3 is 10.2 Å². The van der Waals surface area contributed by atoms with E-state index in [4.69, 9.17) is 0 Å². The monoisotopic (exact) mass is 371 g/mol. The highest BCUT2D eigenvalue weighted by Crippen LogP contribution is 2.19. The number of nitrogens with zero attached hydrogens (tertiary/aromatic N) is 6. The Balaban J connectivity index is 1.65.